The summed E-state index contributed by atoms with van der Waals surface area (Å²) in [7, 11) is 0. The van der Waals surface area contributed by atoms with Crippen LogP contribution in [0.1, 0.15) is 43.8 Å². The molecule has 0 bridgehead atoms. The third-order valence-corrected chi connectivity index (χ3v) is 3.27. The maximum atomic E-state index is 4.63. The van der Waals surface area contributed by atoms with Crippen LogP contribution in [0.15, 0.2) is 0 Å². The molecule has 1 aromatic heterocycles. The van der Waals surface area contributed by atoms with E-state index in [9.17, 15) is 0 Å². The van der Waals surface area contributed by atoms with Crippen LogP contribution in [-0.2, 0) is 5.41 Å². The molecule has 1 fully saturated rings. The normalized spacial score (nSPS) is 17.6. The number of hydrogen-bond acceptors (Lipinski definition) is 3. The molecule has 82 valence electrons. The van der Waals surface area contributed by atoms with E-state index in [2.05, 4.69) is 43.0 Å². The van der Waals surface area contributed by atoms with E-state index in [0.717, 1.165) is 23.9 Å². The van der Waals surface area contributed by atoms with Crippen molar-refractivity contribution < 1.29 is 0 Å². The molecule has 0 unspecified atom stereocenters. The lowest BCUT2D eigenvalue weighted by Crippen LogP contribution is -2.13. The predicted molar refractivity (Wildman–Crippen MR) is 62.3 cm³/mol. The average molecular weight is 205 g/mol. The van der Waals surface area contributed by atoms with Gasteiger partial charge in [-0.3, -0.25) is 0 Å². The van der Waals surface area contributed by atoms with Crippen molar-refractivity contribution in [2.24, 2.45) is 0 Å². The van der Waals surface area contributed by atoms with Crippen molar-refractivity contribution in [2.75, 3.05) is 11.9 Å². The fraction of sp³-hybridized carbons (Fsp3) is 0.667. The third kappa shape index (κ3) is 1.83. The van der Waals surface area contributed by atoms with Gasteiger partial charge in [-0.25, -0.2) is 9.97 Å². The first-order valence-corrected chi connectivity index (χ1v) is 5.66. The summed E-state index contributed by atoms with van der Waals surface area (Å²) in [5.74, 6) is 2.02. The van der Waals surface area contributed by atoms with Crippen molar-refractivity contribution >= 4 is 5.82 Å². The quantitative estimate of drug-likeness (QED) is 0.824. The number of aromatic nitrogens is 2. The maximum absolute atomic E-state index is 4.63. The van der Waals surface area contributed by atoms with Gasteiger partial charge >= 0.3 is 0 Å². The largest absolute Gasteiger partial charge is 0.370 e. The minimum atomic E-state index is 0.253. The molecule has 1 aromatic rings. The van der Waals surface area contributed by atoms with Crippen LogP contribution < -0.4 is 5.32 Å². The molecule has 0 saturated heterocycles. The van der Waals surface area contributed by atoms with Crippen LogP contribution in [0.4, 0.5) is 5.82 Å². The second-order valence-corrected chi connectivity index (χ2v) is 4.70. The van der Waals surface area contributed by atoms with Crippen molar-refractivity contribution in [3.05, 3.63) is 17.1 Å². The van der Waals surface area contributed by atoms with Crippen molar-refractivity contribution in [1.82, 2.24) is 9.97 Å². The minimum Gasteiger partial charge on any atom is -0.370 e. The van der Waals surface area contributed by atoms with E-state index in [0.29, 0.717) is 0 Å². The van der Waals surface area contributed by atoms with E-state index in [1.54, 1.807) is 0 Å². The topological polar surface area (TPSA) is 37.8 Å². The molecule has 1 aliphatic rings. The molecule has 1 heterocycles. The molecule has 15 heavy (non-hydrogen) atoms. The molecule has 2 rings (SSSR count). The van der Waals surface area contributed by atoms with E-state index in [4.69, 9.17) is 0 Å². The zero-order valence-corrected chi connectivity index (χ0v) is 10.0. The number of aryl methyl sites for hydroxylation is 1. The monoisotopic (exact) mass is 205 g/mol. The standard InChI is InChI=1S/C12H19N3/c1-5-13-10-8(2)9(3)14-11(15-10)12(4)6-7-12/h5-7H2,1-4H3,(H,13,14,15). The molecule has 1 aliphatic carbocycles. The number of nitrogens with zero attached hydrogens (tertiary/aromatic N) is 2. The second-order valence-electron chi connectivity index (χ2n) is 4.70. The van der Waals surface area contributed by atoms with Crippen LogP contribution in [0, 0.1) is 13.8 Å². The fourth-order valence-electron chi connectivity index (χ4n) is 1.65. The number of anilines is 1. The summed E-state index contributed by atoms with van der Waals surface area (Å²) in [6.07, 6.45) is 2.45. The summed E-state index contributed by atoms with van der Waals surface area (Å²) in [6.45, 7) is 9.38. The first-order chi connectivity index (χ1) is 7.07. The van der Waals surface area contributed by atoms with Crippen LogP contribution in [0.25, 0.3) is 0 Å². The Hall–Kier alpha value is -1.12. The first kappa shape index (κ1) is 10.4. The first-order valence-electron chi connectivity index (χ1n) is 5.66. The summed E-state index contributed by atoms with van der Waals surface area (Å²) in [5, 5.41) is 3.31. The highest BCUT2D eigenvalue weighted by Crippen LogP contribution is 2.46. The molecule has 3 heteroatoms. The number of rotatable bonds is 3. The van der Waals surface area contributed by atoms with Gasteiger partial charge in [0, 0.05) is 23.2 Å². The Labute approximate surface area is 91.3 Å². The van der Waals surface area contributed by atoms with Gasteiger partial charge in [-0.05, 0) is 33.6 Å². The van der Waals surface area contributed by atoms with Crippen LogP contribution in [-0.4, -0.2) is 16.5 Å². The van der Waals surface area contributed by atoms with E-state index in [-0.39, 0.29) is 5.41 Å². The number of hydrogen-bond donors (Lipinski definition) is 1. The van der Waals surface area contributed by atoms with E-state index in [1.807, 2.05) is 0 Å². The molecule has 0 atom stereocenters. The van der Waals surface area contributed by atoms with Crippen molar-refractivity contribution in [2.45, 2.75) is 46.0 Å². The van der Waals surface area contributed by atoms with Gasteiger partial charge in [-0.2, -0.15) is 0 Å². The molecule has 3 nitrogen and oxygen atoms in total. The van der Waals surface area contributed by atoms with Gasteiger partial charge in [0.25, 0.3) is 0 Å². The van der Waals surface area contributed by atoms with Crippen LogP contribution in [0.5, 0.6) is 0 Å². The smallest absolute Gasteiger partial charge is 0.136 e. The van der Waals surface area contributed by atoms with Gasteiger partial charge in [0.1, 0.15) is 11.6 Å². The molecule has 0 radical (unpaired) electrons. The summed E-state index contributed by atoms with van der Waals surface area (Å²) in [6, 6.07) is 0. The molecular weight excluding hydrogens is 186 g/mol. The molecule has 0 aromatic carbocycles. The van der Waals surface area contributed by atoms with Gasteiger partial charge in [0.2, 0.25) is 0 Å². The molecule has 0 amide bonds. The van der Waals surface area contributed by atoms with Crippen molar-refractivity contribution in [3.8, 4) is 0 Å². The summed E-state index contributed by atoms with van der Waals surface area (Å²) in [4.78, 5) is 9.23. The van der Waals surface area contributed by atoms with Crippen LogP contribution in [0.3, 0.4) is 0 Å². The highest BCUT2D eigenvalue weighted by molar-refractivity contribution is 5.46. The van der Waals surface area contributed by atoms with Crippen LogP contribution in [0.2, 0.25) is 0 Å². The fourth-order valence-corrected chi connectivity index (χ4v) is 1.65. The Morgan fingerprint density at radius 3 is 2.47 bits per heavy atom. The highest BCUT2D eigenvalue weighted by Gasteiger charge is 2.42. The SMILES string of the molecule is CCNc1nc(C2(C)CC2)nc(C)c1C. The Kier molecular flexibility index (Phi) is 2.41. The lowest BCUT2D eigenvalue weighted by atomic mass is 10.1. The molecule has 0 spiro atoms. The lowest BCUT2D eigenvalue weighted by Gasteiger charge is -2.14. The Balaban J connectivity index is 2.41. The van der Waals surface area contributed by atoms with Crippen molar-refractivity contribution in [3.63, 3.8) is 0 Å². The molecule has 1 N–H and O–H groups in total. The van der Waals surface area contributed by atoms with Gasteiger partial charge in [0.15, 0.2) is 0 Å². The summed E-state index contributed by atoms with van der Waals surface area (Å²) < 4.78 is 0. The average Bonchev–Trinajstić information content (AvgIpc) is 2.93. The molecular formula is C12H19N3. The molecule has 1 saturated carbocycles. The Bertz CT molecular complexity index is 381. The van der Waals surface area contributed by atoms with Gasteiger partial charge in [0.05, 0.1) is 0 Å². The van der Waals surface area contributed by atoms with Gasteiger partial charge in [-0.15, -0.1) is 0 Å². The van der Waals surface area contributed by atoms with E-state index >= 15 is 0 Å². The third-order valence-electron chi connectivity index (χ3n) is 3.27. The second kappa shape index (κ2) is 3.47. The van der Waals surface area contributed by atoms with Crippen molar-refractivity contribution in [1.29, 1.82) is 0 Å². The van der Waals surface area contributed by atoms with E-state index in [1.165, 1.54) is 18.4 Å². The number of nitrogens with one attached hydrogen (secondary N) is 1. The summed E-state index contributed by atoms with van der Waals surface area (Å²) in [5.41, 5.74) is 2.52. The lowest BCUT2D eigenvalue weighted by molar-refractivity contribution is 0.701. The summed E-state index contributed by atoms with van der Waals surface area (Å²) >= 11 is 0. The van der Waals surface area contributed by atoms with Gasteiger partial charge < -0.3 is 5.32 Å². The Morgan fingerprint density at radius 1 is 1.27 bits per heavy atom. The zero-order chi connectivity index (χ0) is 11.1. The highest BCUT2D eigenvalue weighted by atomic mass is 15.0. The van der Waals surface area contributed by atoms with Gasteiger partial charge in [-0.1, -0.05) is 6.92 Å². The zero-order valence-electron chi connectivity index (χ0n) is 10.0. The van der Waals surface area contributed by atoms with E-state index < -0.39 is 0 Å². The Morgan fingerprint density at radius 2 is 1.93 bits per heavy atom. The minimum absolute atomic E-state index is 0.253. The van der Waals surface area contributed by atoms with Crippen LogP contribution >= 0.6 is 0 Å². The predicted octanol–water partition coefficient (Wildman–Crippen LogP) is 2.58. The molecule has 0 aliphatic heterocycles. The maximum Gasteiger partial charge on any atom is 0.136 e.